The van der Waals surface area contributed by atoms with Gasteiger partial charge < -0.3 is 14.6 Å². The summed E-state index contributed by atoms with van der Waals surface area (Å²) in [7, 11) is 1.71. The second-order valence-electron chi connectivity index (χ2n) is 4.50. The SMILES string of the molecule is CN(CCO)C(=O)CCn1ccc2ccc(Br)cc21. The molecule has 0 spiro atoms. The first-order valence-corrected chi connectivity index (χ1v) is 7.00. The van der Waals surface area contributed by atoms with Crippen molar-refractivity contribution in [2.75, 3.05) is 20.2 Å². The van der Waals surface area contributed by atoms with Gasteiger partial charge >= 0.3 is 0 Å². The normalized spacial score (nSPS) is 10.9. The summed E-state index contributed by atoms with van der Waals surface area (Å²) < 4.78 is 3.11. The monoisotopic (exact) mass is 324 g/mol. The summed E-state index contributed by atoms with van der Waals surface area (Å²) in [6.07, 6.45) is 2.43. The second kappa shape index (κ2) is 6.21. The van der Waals surface area contributed by atoms with E-state index in [2.05, 4.69) is 32.6 Å². The zero-order valence-electron chi connectivity index (χ0n) is 10.8. The molecule has 0 aliphatic heterocycles. The number of halogens is 1. The summed E-state index contributed by atoms with van der Waals surface area (Å²) >= 11 is 3.46. The molecule has 0 saturated heterocycles. The number of likely N-dealkylation sites (N-methyl/N-ethyl adjacent to an activating group) is 1. The number of amides is 1. The van der Waals surface area contributed by atoms with Crippen molar-refractivity contribution in [3.8, 4) is 0 Å². The zero-order chi connectivity index (χ0) is 13.8. The van der Waals surface area contributed by atoms with Crippen molar-refractivity contribution in [3.63, 3.8) is 0 Å². The lowest BCUT2D eigenvalue weighted by atomic mass is 10.2. The van der Waals surface area contributed by atoms with Gasteiger partial charge in [-0.1, -0.05) is 22.0 Å². The van der Waals surface area contributed by atoms with Gasteiger partial charge in [0.15, 0.2) is 0 Å². The minimum absolute atomic E-state index is 0.00162. The van der Waals surface area contributed by atoms with Gasteiger partial charge in [-0.25, -0.2) is 0 Å². The van der Waals surface area contributed by atoms with E-state index >= 15 is 0 Å². The fraction of sp³-hybridized carbons (Fsp3) is 0.357. The van der Waals surface area contributed by atoms with Gasteiger partial charge in [-0.05, 0) is 23.6 Å². The maximum atomic E-state index is 11.8. The quantitative estimate of drug-likeness (QED) is 0.916. The number of carbonyl (C=O) groups excluding carboxylic acids is 1. The van der Waals surface area contributed by atoms with Gasteiger partial charge in [-0.3, -0.25) is 4.79 Å². The topological polar surface area (TPSA) is 45.5 Å². The molecule has 0 saturated carbocycles. The van der Waals surface area contributed by atoms with Gasteiger partial charge in [0.05, 0.1) is 6.61 Å². The maximum absolute atomic E-state index is 11.8. The van der Waals surface area contributed by atoms with Gasteiger partial charge in [0.1, 0.15) is 0 Å². The van der Waals surface area contributed by atoms with Crippen LogP contribution < -0.4 is 0 Å². The average molecular weight is 325 g/mol. The Kier molecular flexibility index (Phi) is 4.61. The molecule has 0 radical (unpaired) electrons. The second-order valence-corrected chi connectivity index (χ2v) is 5.42. The fourth-order valence-electron chi connectivity index (χ4n) is 2.03. The van der Waals surface area contributed by atoms with Gasteiger partial charge in [0, 0.05) is 42.7 Å². The van der Waals surface area contributed by atoms with Crippen molar-refractivity contribution in [1.82, 2.24) is 9.47 Å². The van der Waals surface area contributed by atoms with Crippen molar-refractivity contribution in [1.29, 1.82) is 0 Å². The Labute approximate surface area is 120 Å². The van der Waals surface area contributed by atoms with E-state index in [0.717, 1.165) is 9.99 Å². The molecule has 19 heavy (non-hydrogen) atoms. The molecular formula is C14H17BrN2O2. The van der Waals surface area contributed by atoms with Crippen molar-refractivity contribution in [3.05, 3.63) is 34.9 Å². The highest BCUT2D eigenvalue weighted by Crippen LogP contribution is 2.21. The van der Waals surface area contributed by atoms with Crippen LogP contribution in [0, 0.1) is 0 Å². The molecule has 5 heteroatoms. The Hall–Kier alpha value is -1.33. The van der Waals surface area contributed by atoms with E-state index in [1.54, 1.807) is 11.9 Å². The minimum Gasteiger partial charge on any atom is -0.395 e. The molecule has 1 heterocycles. The summed E-state index contributed by atoms with van der Waals surface area (Å²) in [5.41, 5.74) is 1.12. The van der Waals surface area contributed by atoms with Crippen LogP contribution in [0.4, 0.5) is 0 Å². The van der Waals surface area contributed by atoms with E-state index in [-0.39, 0.29) is 12.5 Å². The Bertz CT molecular complexity index is 580. The number of aliphatic hydroxyl groups is 1. The van der Waals surface area contributed by atoms with Gasteiger partial charge in [0.25, 0.3) is 0 Å². The number of benzene rings is 1. The first-order chi connectivity index (χ1) is 9.11. The number of hydrogen-bond donors (Lipinski definition) is 1. The van der Waals surface area contributed by atoms with Gasteiger partial charge in [0.2, 0.25) is 5.91 Å². The number of rotatable bonds is 5. The summed E-state index contributed by atoms with van der Waals surface area (Å²) in [5.74, 6) is 0.0471. The molecule has 4 nitrogen and oxygen atoms in total. The van der Waals surface area contributed by atoms with Crippen LogP contribution >= 0.6 is 15.9 Å². The highest BCUT2D eigenvalue weighted by atomic mass is 79.9. The molecule has 102 valence electrons. The molecule has 0 fully saturated rings. The van der Waals surface area contributed by atoms with E-state index in [9.17, 15) is 4.79 Å². The molecule has 1 N–H and O–H groups in total. The number of fused-ring (bicyclic) bond motifs is 1. The van der Waals surface area contributed by atoms with Gasteiger partial charge in [-0.15, -0.1) is 0 Å². The molecular weight excluding hydrogens is 308 g/mol. The van der Waals surface area contributed by atoms with Crippen LogP contribution in [0.2, 0.25) is 0 Å². The third-order valence-electron chi connectivity index (χ3n) is 3.16. The summed E-state index contributed by atoms with van der Waals surface area (Å²) in [6.45, 7) is 1.03. The molecule has 2 aromatic rings. The number of aryl methyl sites for hydroxylation is 1. The average Bonchev–Trinajstić information content (AvgIpc) is 2.78. The van der Waals surface area contributed by atoms with Gasteiger partial charge in [-0.2, -0.15) is 0 Å². The third kappa shape index (κ3) is 3.36. The van der Waals surface area contributed by atoms with Crippen LogP contribution in [0.3, 0.4) is 0 Å². The standard InChI is InChI=1S/C14H17BrN2O2/c1-16(8-9-18)14(19)5-7-17-6-4-11-2-3-12(15)10-13(11)17/h2-4,6,10,18H,5,7-9H2,1H3. The van der Waals surface area contributed by atoms with E-state index in [1.807, 2.05) is 18.3 Å². The summed E-state index contributed by atoms with van der Waals surface area (Å²) in [5, 5.41) is 9.97. The number of hydrogen-bond acceptors (Lipinski definition) is 2. The third-order valence-corrected chi connectivity index (χ3v) is 3.66. The Balaban J connectivity index is 2.06. The Morgan fingerprint density at radius 3 is 2.95 bits per heavy atom. The molecule has 1 aromatic carbocycles. The molecule has 1 aromatic heterocycles. The Morgan fingerprint density at radius 2 is 2.21 bits per heavy atom. The van der Waals surface area contributed by atoms with Crippen molar-refractivity contribution < 1.29 is 9.90 Å². The molecule has 0 aliphatic carbocycles. The lowest BCUT2D eigenvalue weighted by molar-refractivity contribution is -0.130. The minimum atomic E-state index is 0.00162. The highest BCUT2D eigenvalue weighted by molar-refractivity contribution is 9.10. The van der Waals surface area contributed by atoms with Crippen molar-refractivity contribution in [2.24, 2.45) is 0 Å². The van der Waals surface area contributed by atoms with Crippen LogP contribution in [0.15, 0.2) is 34.9 Å². The predicted octanol–water partition coefficient (Wildman–Crippen LogP) is 2.24. The van der Waals surface area contributed by atoms with Crippen LogP contribution in [0.5, 0.6) is 0 Å². The first kappa shape index (κ1) is 14.1. The molecule has 0 aliphatic rings. The van der Waals surface area contributed by atoms with Crippen LogP contribution in [0.1, 0.15) is 6.42 Å². The van der Waals surface area contributed by atoms with Crippen LogP contribution in [-0.4, -0.2) is 40.7 Å². The van der Waals surface area contributed by atoms with Crippen molar-refractivity contribution >= 4 is 32.7 Å². The smallest absolute Gasteiger partial charge is 0.224 e. The van der Waals surface area contributed by atoms with E-state index in [1.165, 1.54) is 5.39 Å². The summed E-state index contributed by atoms with van der Waals surface area (Å²) in [6, 6.07) is 8.16. The molecule has 1 amide bonds. The molecule has 2 rings (SSSR count). The largest absolute Gasteiger partial charge is 0.395 e. The van der Waals surface area contributed by atoms with E-state index in [4.69, 9.17) is 5.11 Å². The summed E-state index contributed by atoms with van der Waals surface area (Å²) in [4.78, 5) is 13.4. The van der Waals surface area contributed by atoms with Crippen LogP contribution in [0.25, 0.3) is 10.9 Å². The lowest BCUT2D eigenvalue weighted by Gasteiger charge is -2.16. The Morgan fingerprint density at radius 1 is 1.42 bits per heavy atom. The molecule has 0 unspecified atom stereocenters. The van der Waals surface area contributed by atoms with Crippen molar-refractivity contribution in [2.45, 2.75) is 13.0 Å². The predicted molar refractivity (Wildman–Crippen MR) is 79.0 cm³/mol. The van der Waals surface area contributed by atoms with E-state index in [0.29, 0.717) is 19.5 Å². The van der Waals surface area contributed by atoms with Crippen LogP contribution in [-0.2, 0) is 11.3 Å². The van der Waals surface area contributed by atoms with E-state index < -0.39 is 0 Å². The maximum Gasteiger partial charge on any atom is 0.224 e. The molecule has 0 bridgehead atoms. The lowest BCUT2D eigenvalue weighted by Crippen LogP contribution is -2.30. The highest BCUT2D eigenvalue weighted by Gasteiger charge is 2.09. The number of nitrogens with zero attached hydrogens (tertiary/aromatic N) is 2. The zero-order valence-corrected chi connectivity index (χ0v) is 12.4. The number of aromatic nitrogens is 1. The first-order valence-electron chi connectivity index (χ1n) is 6.21. The fourth-order valence-corrected chi connectivity index (χ4v) is 2.38. The number of carbonyl (C=O) groups is 1. The molecule has 0 atom stereocenters. The number of aliphatic hydroxyl groups excluding tert-OH is 1.